The lowest BCUT2D eigenvalue weighted by molar-refractivity contribution is -0.137. The van der Waals surface area contributed by atoms with Gasteiger partial charge in [0.1, 0.15) is 9.84 Å². The van der Waals surface area contributed by atoms with Gasteiger partial charge < -0.3 is 5.11 Å². The van der Waals surface area contributed by atoms with Crippen LogP contribution < -0.4 is 0 Å². The highest BCUT2D eigenvalue weighted by Crippen LogP contribution is 2.14. The van der Waals surface area contributed by atoms with Gasteiger partial charge in [0.25, 0.3) is 0 Å². The predicted octanol–water partition coefficient (Wildman–Crippen LogP) is 1.39. The smallest absolute Gasteiger partial charge is 0.304 e. The summed E-state index contributed by atoms with van der Waals surface area (Å²) in [5.41, 5.74) is -0.147. The van der Waals surface area contributed by atoms with Gasteiger partial charge in [-0.2, -0.15) is 0 Å². The molecular weight excluding hydrogens is 254 g/mol. The molecule has 0 aliphatic rings. The Bertz CT molecular complexity index is 357. The third-order valence-electron chi connectivity index (χ3n) is 2.87. The minimum absolute atomic E-state index is 0.0811. The fraction of sp³-hybridized carbons (Fsp3) is 0.917. The largest absolute Gasteiger partial charge is 0.481 e. The summed E-state index contributed by atoms with van der Waals surface area (Å²) in [5, 5.41) is 8.70. The first-order chi connectivity index (χ1) is 8.08. The van der Waals surface area contributed by atoms with E-state index in [1.807, 2.05) is 25.7 Å². The van der Waals surface area contributed by atoms with E-state index in [4.69, 9.17) is 5.11 Å². The van der Waals surface area contributed by atoms with E-state index in [0.29, 0.717) is 19.5 Å². The van der Waals surface area contributed by atoms with Crippen LogP contribution >= 0.6 is 0 Å². The number of carboxylic acids is 1. The number of hydrogen-bond acceptors (Lipinski definition) is 4. The summed E-state index contributed by atoms with van der Waals surface area (Å²) in [6.45, 7) is 8.71. The first-order valence-electron chi connectivity index (χ1n) is 6.26. The van der Waals surface area contributed by atoms with Crippen molar-refractivity contribution in [2.75, 3.05) is 24.6 Å². The molecule has 0 saturated heterocycles. The van der Waals surface area contributed by atoms with E-state index in [-0.39, 0.29) is 23.5 Å². The van der Waals surface area contributed by atoms with E-state index in [9.17, 15) is 13.2 Å². The van der Waals surface area contributed by atoms with Crippen LogP contribution in [0.4, 0.5) is 0 Å². The van der Waals surface area contributed by atoms with Crippen LogP contribution in [0.5, 0.6) is 0 Å². The van der Waals surface area contributed by atoms with Crippen molar-refractivity contribution in [3.63, 3.8) is 0 Å². The monoisotopic (exact) mass is 279 g/mol. The second-order valence-corrected chi connectivity index (χ2v) is 7.86. The lowest BCUT2D eigenvalue weighted by Gasteiger charge is -2.35. The number of sulfone groups is 1. The molecule has 0 aliphatic heterocycles. The molecule has 0 radical (unpaired) electrons. The zero-order valence-corrected chi connectivity index (χ0v) is 12.6. The van der Waals surface area contributed by atoms with Crippen molar-refractivity contribution < 1.29 is 18.3 Å². The highest BCUT2D eigenvalue weighted by atomic mass is 32.2. The minimum Gasteiger partial charge on any atom is -0.481 e. The summed E-state index contributed by atoms with van der Waals surface area (Å²) >= 11 is 0. The summed E-state index contributed by atoms with van der Waals surface area (Å²) in [6.07, 6.45) is 0.630. The molecule has 0 heterocycles. The molecule has 0 fully saturated rings. The quantitative estimate of drug-likeness (QED) is 0.726. The van der Waals surface area contributed by atoms with Crippen molar-refractivity contribution in [3.8, 4) is 0 Å². The van der Waals surface area contributed by atoms with Crippen LogP contribution in [0.15, 0.2) is 0 Å². The highest BCUT2D eigenvalue weighted by molar-refractivity contribution is 7.91. The lowest BCUT2D eigenvalue weighted by atomic mass is 10.1. The summed E-state index contributed by atoms with van der Waals surface area (Å²) in [6, 6.07) is 0. The van der Waals surface area contributed by atoms with Crippen molar-refractivity contribution in [2.24, 2.45) is 0 Å². The number of nitrogens with zero attached hydrogens (tertiary/aromatic N) is 1. The Kier molecular flexibility index (Phi) is 6.84. The Morgan fingerprint density at radius 2 is 1.78 bits per heavy atom. The molecule has 0 aliphatic carbocycles. The molecule has 0 rings (SSSR count). The van der Waals surface area contributed by atoms with Gasteiger partial charge in [0, 0.05) is 17.8 Å². The lowest BCUT2D eigenvalue weighted by Crippen LogP contribution is -2.43. The van der Waals surface area contributed by atoms with Crippen LogP contribution in [0.3, 0.4) is 0 Å². The molecule has 5 nitrogen and oxygen atoms in total. The summed E-state index contributed by atoms with van der Waals surface area (Å²) in [7, 11) is -2.93. The van der Waals surface area contributed by atoms with Gasteiger partial charge in [-0.1, -0.05) is 6.92 Å². The highest BCUT2D eigenvalue weighted by Gasteiger charge is 2.22. The van der Waals surface area contributed by atoms with E-state index in [1.54, 1.807) is 6.92 Å². The topological polar surface area (TPSA) is 74.7 Å². The van der Waals surface area contributed by atoms with Gasteiger partial charge in [0.2, 0.25) is 0 Å². The standard InChI is InChI=1S/C12H25NO4S/c1-5-18(16,17)10-6-8-13(12(2,3)4)9-7-11(14)15/h5-10H2,1-4H3,(H,14,15). The number of aliphatic carboxylic acids is 1. The van der Waals surface area contributed by atoms with Gasteiger partial charge >= 0.3 is 5.97 Å². The molecule has 0 aromatic heterocycles. The molecule has 108 valence electrons. The van der Waals surface area contributed by atoms with Gasteiger partial charge in [0.15, 0.2) is 0 Å². The predicted molar refractivity (Wildman–Crippen MR) is 72.5 cm³/mol. The third-order valence-corrected chi connectivity index (χ3v) is 4.66. The molecule has 0 atom stereocenters. The summed E-state index contributed by atoms with van der Waals surface area (Å²) in [5.74, 6) is -0.494. The minimum atomic E-state index is -2.93. The molecule has 0 spiro atoms. The maximum atomic E-state index is 11.4. The first kappa shape index (κ1) is 17.4. The van der Waals surface area contributed by atoms with E-state index in [0.717, 1.165) is 0 Å². The molecule has 1 N–H and O–H groups in total. The van der Waals surface area contributed by atoms with E-state index >= 15 is 0 Å². The second kappa shape index (κ2) is 7.09. The molecule has 0 aromatic carbocycles. The number of carboxylic acid groups (broad SMARTS) is 1. The fourth-order valence-corrected chi connectivity index (χ4v) is 2.49. The number of carbonyl (C=O) groups is 1. The Morgan fingerprint density at radius 1 is 1.22 bits per heavy atom. The summed E-state index contributed by atoms with van der Waals surface area (Å²) < 4.78 is 22.8. The van der Waals surface area contributed by atoms with Crippen LogP contribution in [0.2, 0.25) is 0 Å². The average Bonchev–Trinajstić information content (AvgIpc) is 2.20. The van der Waals surface area contributed by atoms with Crippen LogP contribution in [0, 0.1) is 0 Å². The number of rotatable bonds is 8. The van der Waals surface area contributed by atoms with E-state index in [1.165, 1.54) is 0 Å². The van der Waals surface area contributed by atoms with Crippen molar-refractivity contribution in [1.82, 2.24) is 4.90 Å². The molecule has 0 bridgehead atoms. The Morgan fingerprint density at radius 3 is 2.17 bits per heavy atom. The fourth-order valence-electron chi connectivity index (χ4n) is 1.63. The number of hydrogen-bond donors (Lipinski definition) is 1. The van der Waals surface area contributed by atoms with E-state index in [2.05, 4.69) is 0 Å². The van der Waals surface area contributed by atoms with Crippen molar-refractivity contribution in [3.05, 3.63) is 0 Å². The molecular formula is C12H25NO4S. The van der Waals surface area contributed by atoms with Crippen LogP contribution in [-0.2, 0) is 14.6 Å². The third kappa shape index (κ3) is 7.66. The van der Waals surface area contributed by atoms with Crippen molar-refractivity contribution in [2.45, 2.75) is 46.1 Å². The maximum Gasteiger partial charge on any atom is 0.304 e. The average molecular weight is 279 g/mol. The first-order valence-corrected chi connectivity index (χ1v) is 8.08. The van der Waals surface area contributed by atoms with E-state index < -0.39 is 15.8 Å². The zero-order valence-electron chi connectivity index (χ0n) is 11.8. The van der Waals surface area contributed by atoms with Gasteiger partial charge in [0.05, 0.1) is 12.2 Å². The molecule has 0 saturated carbocycles. The van der Waals surface area contributed by atoms with Crippen molar-refractivity contribution in [1.29, 1.82) is 0 Å². The Labute approximate surface area is 110 Å². The van der Waals surface area contributed by atoms with Gasteiger partial charge in [-0.15, -0.1) is 0 Å². The van der Waals surface area contributed by atoms with Gasteiger partial charge in [-0.3, -0.25) is 9.69 Å². The van der Waals surface area contributed by atoms with Crippen LogP contribution in [-0.4, -0.2) is 54.5 Å². The zero-order chi connectivity index (χ0) is 14.4. The summed E-state index contributed by atoms with van der Waals surface area (Å²) in [4.78, 5) is 12.6. The molecule has 0 amide bonds. The molecule has 0 unspecified atom stereocenters. The second-order valence-electron chi connectivity index (χ2n) is 5.39. The Balaban J connectivity index is 4.31. The maximum absolute atomic E-state index is 11.4. The van der Waals surface area contributed by atoms with Crippen LogP contribution in [0.1, 0.15) is 40.5 Å². The van der Waals surface area contributed by atoms with Crippen molar-refractivity contribution >= 4 is 15.8 Å². The Hall–Kier alpha value is -0.620. The van der Waals surface area contributed by atoms with Gasteiger partial charge in [-0.25, -0.2) is 8.42 Å². The van der Waals surface area contributed by atoms with Crippen LogP contribution in [0.25, 0.3) is 0 Å². The molecule has 0 aromatic rings. The molecule has 18 heavy (non-hydrogen) atoms. The normalized spacial score (nSPS) is 12.9. The van der Waals surface area contributed by atoms with Gasteiger partial charge in [-0.05, 0) is 33.7 Å². The molecule has 6 heteroatoms. The SMILES string of the molecule is CCS(=O)(=O)CCCN(CCC(=O)O)C(C)(C)C.